The van der Waals surface area contributed by atoms with Crippen molar-refractivity contribution in [2.75, 3.05) is 25.0 Å². The number of aromatic nitrogens is 4. The summed E-state index contributed by atoms with van der Waals surface area (Å²) in [5.74, 6) is 2.07. The van der Waals surface area contributed by atoms with Gasteiger partial charge < -0.3 is 14.8 Å². The number of anilines is 3. The minimum Gasteiger partial charge on any atom is -0.493 e. The number of aryl methyl sites for hydroxylation is 1. The lowest BCUT2D eigenvalue weighted by Crippen LogP contribution is -2.04. The Labute approximate surface area is 178 Å². The van der Waals surface area contributed by atoms with E-state index in [0.717, 1.165) is 22.4 Å². The molecule has 0 bridgehead atoms. The standard InChI is InChI=1S/C21H21N7O3/c1-12-6-5-7-15(13(12)2)23-18-19(25-21-20(24-18)27-31-28-21)26-22-11-14-8-9-16(29-3)17(10-14)30-4/h5-11H,1-4H3,(H,23,24,27)(H,25,26,28). The fourth-order valence-corrected chi connectivity index (χ4v) is 2.92. The van der Waals surface area contributed by atoms with Crippen molar-refractivity contribution in [3.63, 3.8) is 0 Å². The van der Waals surface area contributed by atoms with Gasteiger partial charge in [0.15, 0.2) is 23.1 Å². The van der Waals surface area contributed by atoms with Crippen molar-refractivity contribution in [3.8, 4) is 11.5 Å². The summed E-state index contributed by atoms with van der Waals surface area (Å²) < 4.78 is 15.3. The molecule has 0 aliphatic carbocycles. The molecule has 2 aromatic heterocycles. The van der Waals surface area contributed by atoms with Gasteiger partial charge >= 0.3 is 0 Å². The summed E-state index contributed by atoms with van der Waals surface area (Å²) in [5, 5.41) is 15.1. The van der Waals surface area contributed by atoms with Crippen LogP contribution in [0.25, 0.3) is 11.3 Å². The maximum Gasteiger partial charge on any atom is 0.245 e. The molecule has 0 saturated carbocycles. The lowest BCUT2D eigenvalue weighted by atomic mass is 10.1. The number of methoxy groups -OCH3 is 2. The monoisotopic (exact) mass is 419 g/mol. The molecule has 2 heterocycles. The molecule has 10 nitrogen and oxygen atoms in total. The minimum absolute atomic E-state index is 0.273. The van der Waals surface area contributed by atoms with Crippen molar-refractivity contribution in [2.24, 2.45) is 5.10 Å². The Morgan fingerprint density at radius 3 is 2.42 bits per heavy atom. The van der Waals surface area contributed by atoms with Gasteiger partial charge in [-0.1, -0.05) is 12.1 Å². The Morgan fingerprint density at radius 2 is 1.68 bits per heavy atom. The van der Waals surface area contributed by atoms with Gasteiger partial charge in [0.2, 0.25) is 11.3 Å². The highest BCUT2D eigenvalue weighted by Gasteiger charge is 2.14. The Bertz CT molecular complexity index is 1250. The van der Waals surface area contributed by atoms with E-state index in [1.807, 2.05) is 44.2 Å². The second-order valence-electron chi connectivity index (χ2n) is 6.69. The second kappa shape index (κ2) is 8.66. The van der Waals surface area contributed by atoms with E-state index in [-0.39, 0.29) is 5.65 Å². The van der Waals surface area contributed by atoms with E-state index in [9.17, 15) is 0 Å². The summed E-state index contributed by atoms with van der Waals surface area (Å²) in [6.45, 7) is 4.08. The summed E-state index contributed by atoms with van der Waals surface area (Å²) in [5.41, 5.74) is 7.45. The normalized spacial score (nSPS) is 11.1. The Morgan fingerprint density at radius 1 is 0.935 bits per heavy atom. The van der Waals surface area contributed by atoms with Gasteiger partial charge in [0.1, 0.15) is 0 Å². The van der Waals surface area contributed by atoms with Crippen LogP contribution in [0.15, 0.2) is 46.1 Å². The quantitative estimate of drug-likeness (QED) is 0.340. The second-order valence-corrected chi connectivity index (χ2v) is 6.69. The van der Waals surface area contributed by atoms with E-state index >= 15 is 0 Å². The van der Waals surface area contributed by atoms with Gasteiger partial charge in [-0.2, -0.15) is 10.1 Å². The maximum absolute atomic E-state index is 5.32. The summed E-state index contributed by atoms with van der Waals surface area (Å²) in [6.07, 6.45) is 1.64. The van der Waals surface area contributed by atoms with Crippen LogP contribution in [-0.2, 0) is 0 Å². The number of ether oxygens (including phenoxy) is 2. The SMILES string of the molecule is COc1ccc(C=NNc2nc3nonc3nc2Nc2cccc(C)c2C)cc1OC. The van der Waals surface area contributed by atoms with E-state index in [0.29, 0.717) is 28.8 Å². The topological polar surface area (TPSA) is 120 Å². The van der Waals surface area contributed by atoms with Gasteiger partial charge in [-0.15, -0.1) is 0 Å². The molecule has 2 N–H and O–H groups in total. The molecule has 0 radical (unpaired) electrons. The van der Waals surface area contributed by atoms with Crippen molar-refractivity contribution in [1.29, 1.82) is 0 Å². The van der Waals surface area contributed by atoms with Crippen LogP contribution in [0.5, 0.6) is 11.5 Å². The van der Waals surface area contributed by atoms with Crippen LogP contribution in [0.1, 0.15) is 16.7 Å². The van der Waals surface area contributed by atoms with Crippen LogP contribution < -0.4 is 20.2 Å². The first-order valence-electron chi connectivity index (χ1n) is 9.43. The van der Waals surface area contributed by atoms with Gasteiger partial charge in [-0.3, -0.25) is 5.43 Å². The smallest absolute Gasteiger partial charge is 0.245 e. The van der Waals surface area contributed by atoms with E-state index in [1.54, 1.807) is 26.5 Å². The molecule has 2 aromatic carbocycles. The lowest BCUT2D eigenvalue weighted by molar-refractivity contribution is 0.314. The first-order chi connectivity index (χ1) is 15.1. The van der Waals surface area contributed by atoms with E-state index < -0.39 is 0 Å². The molecule has 0 fully saturated rings. The van der Waals surface area contributed by atoms with Crippen molar-refractivity contribution in [2.45, 2.75) is 13.8 Å². The van der Waals surface area contributed by atoms with Crippen LogP contribution in [0.3, 0.4) is 0 Å². The van der Waals surface area contributed by atoms with Crippen LogP contribution in [0, 0.1) is 13.8 Å². The number of hydrogen-bond donors (Lipinski definition) is 2. The number of benzene rings is 2. The summed E-state index contributed by atoms with van der Waals surface area (Å²) >= 11 is 0. The van der Waals surface area contributed by atoms with E-state index in [1.165, 1.54) is 0 Å². The molecule has 0 aliphatic heterocycles. The summed E-state index contributed by atoms with van der Waals surface area (Å²) in [7, 11) is 3.17. The molecule has 0 spiro atoms. The molecule has 0 atom stereocenters. The first kappa shape index (κ1) is 20.1. The number of hydrazone groups is 1. The summed E-state index contributed by atoms with van der Waals surface area (Å²) in [6, 6.07) is 11.5. The van der Waals surface area contributed by atoms with Crippen LogP contribution >= 0.6 is 0 Å². The average molecular weight is 419 g/mol. The lowest BCUT2D eigenvalue weighted by Gasteiger charge is -2.12. The molecule has 31 heavy (non-hydrogen) atoms. The molecule has 0 saturated heterocycles. The third-order valence-corrected chi connectivity index (χ3v) is 4.76. The van der Waals surface area contributed by atoms with Crippen molar-refractivity contribution in [3.05, 3.63) is 53.1 Å². The fraction of sp³-hybridized carbons (Fsp3) is 0.190. The molecule has 10 heteroatoms. The first-order valence-corrected chi connectivity index (χ1v) is 9.43. The Hall–Kier alpha value is -4.21. The highest BCUT2D eigenvalue weighted by molar-refractivity contribution is 5.83. The van der Waals surface area contributed by atoms with Crippen LogP contribution in [0.2, 0.25) is 0 Å². The number of nitrogens with zero attached hydrogens (tertiary/aromatic N) is 5. The van der Waals surface area contributed by atoms with Crippen LogP contribution in [0.4, 0.5) is 17.3 Å². The van der Waals surface area contributed by atoms with Gasteiger partial charge in [0.05, 0.1) is 20.4 Å². The number of nitrogens with one attached hydrogen (secondary N) is 2. The molecule has 4 rings (SSSR count). The fourth-order valence-electron chi connectivity index (χ4n) is 2.92. The maximum atomic E-state index is 5.32. The zero-order valence-corrected chi connectivity index (χ0v) is 17.5. The predicted octanol–water partition coefficient (Wildman–Crippen LogP) is 3.84. The highest BCUT2D eigenvalue weighted by atomic mass is 16.6. The zero-order chi connectivity index (χ0) is 21.8. The van der Waals surface area contributed by atoms with Gasteiger partial charge in [0, 0.05) is 5.69 Å². The van der Waals surface area contributed by atoms with Gasteiger partial charge in [-0.25, -0.2) is 9.61 Å². The molecule has 0 unspecified atom stereocenters. The third kappa shape index (κ3) is 4.22. The van der Waals surface area contributed by atoms with E-state index in [2.05, 4.69) is 36.1 Å². The third-order valence-electron chi connectivity index (χ3n) is 4.76. The molecule has 0 aliphatic rings. The molecule has 158 valence electrons. The Balaban J connectivity index is 1.63. The molecular weight excluding hydrogens is 398 g/mol. The van der Waals surface area contributed by atoms with Gasteiger partial charge in [-0.05, 0) is 65.1 Å². The van der Waals surface area contributed by atoms with Crippen molar-refractivity contribution in [1.82, 2.24) is 20.3 Å². The predicted molar refractivity (Wildman–Crippen MR) is 117 cm³/mol. The summed E-state index contributed by atoms with van der Waals surface area (Å²) in [4.78, 5) is 8.88. The number of fused-ring (bicyclic) bond motifs is 1. The highest BCUT2D eigenvalue weighted by Crippen LogP contribution is 2.28. The average Bonchev–Trinajstić information content (AvgIpc) is 3.24. The van der Waals surface area contributed by atoms with Gasteiger partial charge in [0.25, 0.3) is 0 Å². The minimum atomic E-state index is 0.273. The molecular formula is C21H21N7O3. The van der Waals surface area contributed by atoms with Crippen molar-refractivity contribution < 1.29 is 14.1 Å². The number of hydrogen-bond acceptors (Lipinski definition) is 10. The Kier molecular flexibility index (Phi) is 5.61. The largest absolute Gasteiger partial charge is 0.493 e. The zero-order valence-electron chi connectivity index (χ0n) is 17.5. The molecule has 4 aromatic rings. The van der Waals surface area contributed by atoms with Crippen LogP contribution in [-0.4, -0.2) is 40.7 Å². The van der Waals surface area contributed by atoms with Crippen molar-refractivity contribution >= 4 is 34.8 Å². The number of rotatable bonds is 7. The molecule has 0 amide bonds. The van der Waals surface area contributed by atoms with E-state index in [4.69, 9.17) is 14.1 Å².